The maximum absolute atomic E-state index is 11.7. The van der Waals surface area contributed by atoms with Gasteiger partial charge in [-0.1, -0.05) is 27.2 Å². The summed E-state index contributed by atoms with van der Waals surface area (Å²) in [5.41, 5.74) is 0.503. The molecule has 0 N–H and O–H groups in total. The first kappa shape index (κ1) is 17.2. The zero-order chi connectivity index (χ0) is 16.6. The number of hydrogen-bond acceptors (Lipinski definition) is 3. The molecule has 4 nitrogen and oxygen atoms in total. The Morgan fingerprint density at radius 3 is 2.48 bits per heavy atom. The molecular weight excluding hydrogens is 286 g/mol. The Balaban J connectivity index is 1.31. The number of rotatable bonds is 7. The van der Waals surface area contributed by atoms with Crippen LogP contribution in [0.4, 0.5) is 0 Å². The molecule has 1 spiro atoms. The molecule has 2 saturated heterocycles. The van der Waals surface area contributed by atoms with E-state index in [1.165, 1.54) is 45.3 Å². The zero-order valence-corrected chi connectivity index (χ0v) is 15.6. The maximum atomic E-state index is 11.7. The van der Waals surface area contributed by atoms with Gasteiger partial charge in [0.05, 0.1) is 0 Å². The summed E-state index contributed by atoms with van der Waals surface area (Å²) in [6.45, 7) is 12.4. The summed E-state index contributed by atoms with van der Waals surface area (Å²) in [5.74, 6) is 1.19. The van der Waals surface area contributed by atoms with E-state index in [-0.39, 0.29) is 0 Å². The fraction of sp³-hybridized carbons (Fsp3) is 0.947. The number of nitrogens with zero attached hydrogens (tertiary/aromatic N) is 3. The van der Waals surface area contributed by atoms with Crippen LogP contribution in [0, 0.1) is 11.3 Å². The second-order valence-corrected chi connectivity index (χ2v) is 8.56. The molecule has 2 aliphatic heterocycles. The van der Waals surface area contributed by atoms with Crippen LogP contribution < -0.4 is 0 Å². The average Bonchev–Trinajstić information content (AvgIpc) is 2.42. The highest BCUT2D eigenvalue weighted by atomic mass is 16.2. The normalized spacial score (nSPS) is 26.0. The molecule has 3 fully saturated rings. The standard InChI is InChI=1S/C19H35N3O/c1-5-15(3)7-8-20(4)17-11-21(12-17)16-9-19(10-16)13-22(14-19)18(23)6-2/h15-17H,5-14H2,1-4H3. The largest absolute Gasteiger partial charge is 0.341 e. The van der Waals surface area contributed by atoms with Gasteiger partial charge < -0.3 is 9.80 Å². The van der Waals surface area contributed by atoms with Crippen LogP contribution in [0.1, 0.15) is 52.9 Å². The molecule has 4 heteroatoms. The highest BCUT2D eigenvalue weighted by molar-refractivity contribution is 5.77. The van der Waals surface area contributed by atoms with Gasteiger partial charge in [-0.05, 0) is 38.8 Å². The molecule has 3 aliphatic rings. The van der Waals surface area contributed by atoms with Gasteiger partial charge in [0.25, 0.3) is 0 Å². The number of carbonyl (C=O) groups excluding carboxylic acids is 1. The van der Waals surface area contributed by atoms with E-state index in [1.54, 1.807) is 0 Å². The van der Waals surface area contributed by atoms with Crippen molar-refractivity contribution in [3.8, 4) is 0 Å². The van der Waals surface area contributed by atoms with Crippen LogP contribution in [0.25, 0.3) is 0 Å². The molecular formula is C19H35N3O. The van der Waals surface area contributed by atoms with E-state index in [1.807, 2.05) is 6.92 Å². The van der Waals surface area contributed by atoms with E-state index < -0.39 is 0 Å². The third-order valence-electron chi connectivity index (χ3n) is 6.75. The van der Waals surface area contributed by atoms with Gasteiger partial charge in [-0.25, -0.2) is 0 Å². The van der Waals surface area contributed by atoms with Crippen molar-refractivity contribution in [1.82, 2.24) is 14.7 Å². The fourth-order valence-corrected chi connectivity index (χ4v) is 4.50. The van der Waals surface area contributed by atoms with Gasteiger partial charge in [-0.15, -0.1) is 0 Å². The smallest absolute Gasteiger partial charge is 0.222 e. The van der Waals surface area contributed by atoms with Crippen LogP contribution in [0.2, 0.25) is 0 Å². The minimum atomic E-state index is 0.339. The molecule has 132 valence electrons. The first-order valence-electron chi connectivity index (χ1n) is 9.68. The van der Waals surface area contributed by atoms with Crippen molar-refractivity contribution in [1.29, 1.82) is 0 Å². The number of amides is 1. The lowest BCUT2D eigenvalue weighted by atomic mass is 9.59. The van der Waals surface area contributed by atoms with E-state index in [9.17, 15) is 4.79 Å². The monoisotopic (exact) mass is 321 g/mol. The Morgan fingerprint density at radius 1 is 1.26 bits per heavy atom. The molecule has 1 saturated carbocycles. The summed E-state index contributed by atoms with van der Waals surface area (Å²) >= 11 is 0. The van der Waals surface area contributed by atoms with E-state index in [2.05, 4.69) is 35.6 Å². The van der Waals surface area contributed by atoms with Gasteiger partial charge in [0.15, 0.2) is 0 Å². The summed E-state index contributed by atoms with van der Waals surface area (Å²) in [7, 11) is 2.30. The van der Waals surface area contributed by atoms with E-state index in [0.29, 0.717) is 17.7 Å². The lowest BCUT2D eigenvalue weighted by Crippen LogP contribution is -2.71. The van der Waals surface area contributed by atoms with Gasteiger partial charge in [0.1, 0.15) is 0 Å². The Labute approximate surface area is 142 Å². The van der Waals surface area contributed by atoms with Crippen molar-refractivity contribution >= 4 is 5.91 Å². The highest BCUT2D eigenvalue weighted by Crippen LogP contribution is 2.51. The van der Waals surface area contributed by atoms with Gasteiger partial charge in [-0.2, -0.15) is 0 Å². The predicted octanol–water partition coefficient (Wildman–Crippen LogP) is 2.44. The van der Waals surface area contributed by atoms with Gasteiger partial charge in [-0.3, -0.25) is 9.69 Å². The Kier molecular flexibility index (Phi) is 5.03. The summed E-state index contributed by atoms with van der Waals surface area (Å²) in [5, 5.41) is 0. The molecule has 0 aromatic carbocycles. The van der Waals surface area contributed by atoms with Crippen LogP contribution >= 0.6 is 0 Å². The second kappa shape index (κ2) is 6.72. The third-order valence-corrected chi connectivity index (χ3v) is 6.75. The summed E-state index contributed by atoms with van der Waals surface area (Å²) in [6.07, 6.45) is 5.94. The molecule has 2 heterocycles. The van der Waals surface area contributed by atoms with Crippen LogP contribution in [-0.4, -0.2) is 72.5 Å². The molecule has 23 heavy (non-hydrogen) atoms. The predicted molar refractivity (Wildman–Crippen MR) is 94.4 cm³/mol. The minimum Gasteiger partial charge on any atom is -0.341 e. The number of likely N-dealkylation sites (tertiary alicyclic amines) is 2. The Hall–Kier alpha value is -0.610. The highest BCUT2D eigenvalue weighted by Gasteiger charge is 2.56. The topological polar surface area (TPSA) is 26.8 Å². The van der Waals surface area contributed by atoms with Crippen molar-refractivity contribution in [2.45, 2.75) is 65.0 Å². The van der Waals surface area contributed by atoms with Crippen LogP contribution in [0.3, 0.4) is 0 Å². The molecule has 0 aromatic heterocycles. The minimum absolute atomic E-state index is 0.339. The third kappa shape index (κ3) is 3.43. The fourth-order valence-electron chi connectivity index (χ4n) is 4.50. The zero-order valence-electron chi connectivity index (χ0n) is 15.6. The van der Waals surface area contributed by atoms with Crippen molar-refractivity contribution in [3.05, 3.63) is 0 Å². The van der Waals surface area contributed by atoms with Crippen molar-refractivity contribution in [2.24, 2.45) is 11.3 Å². The molecule has 0 bridgehead atoms. The maximum Gasteiger partial charge on any atom is 0.222 e. The van der Waals surface area contributed by atoms with E-state index in [4.69, 9.17) is 0 Å². The summed E-state index contributed by atoms with van der Waals surface area (Å²) in [4.78, 5) is 19.0. The lowest BCUT2D eigenvalue weighted by molar-refractivity contribution is -0.162. The molecule has 1 atom stereocenters. The van der Waals surface area contributed by atoms with Crippen molar-refractivity contribution in [2.75, 3.05) is 39.8 Å². The molecule has 3 rings (SSSR count). The lowest BCUT2D eigenvalue weighted by Gasteiger charge is -2.63. The molecule has 1 unspecified atom stereocenters. The second-order valence-electron chi connectivity index (χ2n) is 8.56. The Morgan fingerprint density at radius 2 is 1.91 bits per heavy atom. The van der Waals surface area contributed by atoms with Gasteiger partial charge >= 0.3 is 0 Å². The van der Waals surface area contributed by atoms with Crippen molar-refractivity contribution < 1.29 is 4.79 Å². The number of likely N-dealkylation sites (N-methyl/N-ethyl adjacent to an activating group) is 1. The first-order valence-corrected chi connectivity index (χ1v) is 9.68. The number of carbonyl (C=O) groups is 1. The molecule has 1 amide bonds. The summed E-state index contributed by atoms with van der Waals surface area (Å²) in [6, 6.07) is 1.57. The van der Waals surface area contributed by atoms with Crippen molar-refractivity contribution in [3.63, 3.8) is 0 Å². The Bertz CT molecular complexity index is 418. The van der Waals surface area contributed by atoms with E-state index >= 15 is 0 Å². The van der Waals surface area contributed by atoms with Crippen LogP contribution in [0.5, 0.6) is 0 Å². The molecule has 0 aromatic rings. The first-order chi connectivity index (χ1) is 11.0. The average molecular weight is 322 g/mol. The van der Waals surface area contributed by atoms with Crippen LogP contribution in [-0.2, 0) is 4.79 Å². The van der Waals surface area contributed by atoms with E-state index in [0.717, 1.165) is 31.1 Å². The van der Waals surface area contributed by atoms with Gasteiger partial charge in [0.2, 0.25) is 5.91 Å². The molecule has 1 aliphatic carbocycles. The number of hydrogen-bond donors (Lipinski definition) is 0. The van der Waals surface area contributed by atoms with Crippen LogP contribution in [0.15, 0.2) is 0 Å². The molecule has 0 radical (unpaired) electrons. The van der Waals surface area contributed by atoms with Gasteiger partial charge in [0, 0.05) is 50.1 Å². The summed E-state index contributed by atoms with van der Waals surface area (Å²) < 4.78 is 0. The quantitative estimate of drug-likeness (QED) is 0.720. The SMILES string of the molecule is CCC(=O)N1CC2(CC(N3CC(N(C)CCC(C)CC)C3)C2)C1.